The average Bonchev–Trinajstić information content (AvgIpc) is 2.85. The molecule has 3 rings (SSSR count). The van der Waals surface area contributed by atoms with E-state index in [4.69, 9.17) is 5.73 Å². The van der Waals surface area contributed by atoms with Gasteiger partial charge in [0.05, 0.1) is 12.1 Å². The van der Waals surface area contributed by atoms with Crippen LogP contribution < -0.4 is 16.0 Å². The fourth-order valence-electron chi connectivity index (χ4n) is 3.27. The second kappa shape index (κ2) is 5.92. The summed E-state index contributed by atoms with van der Waals surface area (Å²) < 4.78 is 1.68. The molecule has 7 nitrogen and oxygen atoms in total. The van der Waals surface area contributed by atoms with Crippen molar-refractivity contribution in [1.82, 2.24) is 15.1 Å². The summed E-state index contributed by atoms with van der Waals surface area (Å²) in [5.74, 6) is 1.05. The number of nitrogens with one attached hydrogen (secondary N) is 1. The number of aliphatic hydroxyl groups excluding tert-OH is 1. The SMILES string of the molecule is N#Cc1c(N2CCNCC2)nn(C2CCCCC2O)c1N. The van der Waals surface area contributed by atoms with Gasteiger partial charge in [-0.25, -0.2) is 4.68 Å². The van der Waals surface area contributed by atoms with Crippen LogP contribution in [0.4, 0.5) is 11.6 Å². The first-order valence-corrected chi connectivity index (χ1v) is 7.64. The van der Waals surface area contributed by atoms with E-state index in [1.54, 1.807) is 4.68 Å². The molecular formula is C14H22N6O. The summed E-state index contributed by atoms with van der Waals surface area (Å²) in [5, 5.41) is 27.5. The van der Waals surface area contributed by atoms with Gasteiger partial charge >= 0.3 is 0 Å². The van der Waals surface area contributed by atoms with Crippen molar-refractivity contribution in [2.45, 2.75) is 37.8 Å². The largest absolute Gasteiger partial charge is 0.391 e. The van der Waals surface area contributed by atoms with Gasteiger partial charge in [0.25, 0.3) is 0 Å². The molecule has 1 aromatic heterocycles. The number of hydrogen-bond acceptors (Lipinski definition) is 6. The molecule has 2 fully saturated rings. The van der Waals surface area contributed by atoms with E-state index in [1.165, 1.54) is 0 Å². The van der Waals surface area contributed by atoms with Gasteiger partial charge in [-0.1, -0.05) is 12.8 Å². The van der Waals surface area contributed by atoms with E-state index in [2.05, 4.69) is 21.4 Å². The molecule has 1 saturated heterocycles. The van der Waals surface area contributed by atoms with E-state index in [9.17, 15) is 10.4 Å². The third-order valence-electron chi connectivity index (χ3n) is 4.47. The Hall–Kier alpha value is -1.78. The van der Waals surface area contributed by atoms with Gasteiger partial charge in [0.15, 0.2) is 5.82 Å². The molecule has 0 bridgehead atoms. The van der Waals surface area contributed by atoms with Crippen molar-refractivity contribution in [3.05, 3.63) is 5.56 Å². The molecule has 0 spiro atoms. The minimum absolute atomic E-state index is 0.109. The highest BCUT2D eigenvalue weighted by Gasteiger charge is 2.30. The molecule has 1 aliphatic heterocycles. The molecular weight excluding hydrogens is 268 g/mol. The maximum Gasteiger partial charge on any atom is 0.171 e. The number of nitrogens with two attached hydrogens (primary N) is 1. The third kappa shape index (κ3) is 2.57. The van der Waals surface area contributed by atoms with Gasteiger partial charge in [0.2, 0.25) is 0 Å². The molecule has 0 radical (unpaired) electrons. The van der Waals surface area contributed by atoms with Gasteiger partial charge in [0.1, 0.15) is 17.5 Å². The maximum absolute atomic E-state index is 10.2. The van der Waals surface area contributed by atoms with E-state index in [1.807, 2.05) is 0 Å². The lowest BCUT2D eigenvalue weighted by molar-refractivity contribution is 0.0706. The van der Waals surface area contributed by atoms with Crippen molar-refractivity contribution >= 4 is 11.6 Å². The predicted molar refractivity (Wildman–Crippen MR) is 79.9 cm³/mol. The first-order chi connectivity index (χ1) is 10.2. The molecule has 21 heavy (non-hydrogen) atoms. The summed E-state index contributed by atoms with van der Waals surface area (Å²) in [4.78, 5) is 2.09. The highest BCUT2D eigenvalue weighted by Crippen LogP contribution is 2.34. The number of aromatic nitrogens is 2. The standard InChI is InChI=1S/C14H22N6O/c15-9-10-13(16)20(11-3-1-2-4-12(11)21)18-14(10)19-7-5-17-6-8-19/h11-12,17,21H,1-8,16H2. The Kier molecular flexibility index (Phi) is 3.99. The Bertz CT molecular complexity index is 542. The maximum atomic E-state index is 10.2. The number of nitrogen functional groups attached to an aromatic ring is 1. The number of rotatable bonds is 2. The van der Waals surface area contributed by atoms with Crippen molar-refractivity contribution < 1.29 is 5.11 Å². The van der Waals surface area contributed by atoms with Crippen molar-refractivity contribution in [1.29, 1.82) is 5.26 Å². The number of nitrogens with zero attached hydrogens (tertiary/aromatic N) is 4. The van der Waals surface area contributed by atoms with Crippen LogP contribution >= 0.6 is 0 Å². The number of hydrogen-bond donors (Lipinski definition) is 3. The molecule has 4 N–H and O–H groups in total. The Morgan fingerprint density at radius 2 is 2.00 bits per heavy atom. The molecule has 1 aliphatic carbocycles. The van der Waals surface area contributed by atoms with Gasteiger partial charge in [0, 0.05) is 26.2 Å². The average molecular weight is 290 g/mol. The van der Waals surface area contributed by atoms with Crippen molar-refractivity contribution in [2.24, 2.45) is 0 Å². The lowest BCUT2D eigenvalue weighted by Crippen LogP contribution is -2.44. The lowest BCUT2D eigenvalue weighted by Gasteiger charge is -2.29. The molecule has 1 saturated carbocycles. The number of nitriles is 1. The normalized spacial score (nSPS) is 26.6. The summed E-state index contributed by atoms with van der Waals surface area (Å²) in [5.41, 5.74) is 6.58. The summed E-state index contributed by atoms with van der Waals surface area (Å²) in [6, 6.07) is 2.07. The highest BCUT2D eigenvalue weighted by atomic mass is 16.3. The number of aliphatic hydroxyl groups is 1. The summed E-state index contributed by atoms with van der Waals surface area (Å²) in [6.45, 7) is 3.39. The van der Waals surface area contributed by atoms with E-state index in [-0.39, 0.29) is 6.04 Å². The highest BCUT2D eigenvalue weighted by molar-refractivity contribution is 5.65. The fraction of sp³-hybridized carbons (Fsp3) is 0.714. The molecule has 114 valence electrons. The monoisotopic (exact) mass is 290 g/mol. The summed E-state index contributed by atoms with van der Waals surface area (Å²) in [6.07, 6.45) is 3.30. The van der Waals surface area contributed by atoms with Gasteiger partial charge < -0.3 is 21.1 Å². The van der Waals surface area contributed by atoms with Crippen LogP contribution in [0.3, 0.4) is 0 Å². The van der Waals surface area contributed by atoms with Gasteiger partial charge in [-0.2, -0.15) is 10.4 Å². The van der Waals surface area contributed by atoms with E-state index in [0.717, 1.165) is 51.9 Å². The van der Waals surface area contributed by atoms with Gasteiger partial charge in [-0.15, -0.1) is 0 Å². The van der Waals surface area contributed by atoms with Crippen LogP contribution in [0.5, 0.6) is 0 Å². The molecule has 0 aromatic carbocycles. The number of anilines is 2. The molecule has 2 aliphatic rings. The van der Waals surface area contributed by atoms with Crippen LogP contribution in [0.15, 0.2) is 0 Å². The molecule has 2 unspecified atom stereocenters. The first kappa shape index (κ1) is 14.2. The molecule has 7 heteroatoms. The second-order valence-electron chi connectivity index (χ2n) is 5.80. The van der Waals surface area contributed by atoms with Crippen LogP contribution in [0.25, 0.3) is 0 Å². The molecule has 2 heterocycles. The van der Waals surface area contributed by atoms with Crippen LogP contribution in [-0.4, -0.2) is 47.2 Å². The van der Waals surface area contributed by atoms with E-state index in [0.29, 0.717) is 17.2 Å². The van der Waals surface area contributed by atoms with Crippen molar-refractivity contribution in [2.75, 3.05) is 36.8 Å². The van der Waals surface area contributed by atoms with E-state index < -0.39 is 6.10 Å². The molecule has 2 atom stereocenters. The van der Waals surface area contributed by atoms with Crippen molar-refractivity contribution in [3.8, 4) is 6.07 Å². The van der Waals surface area contributed by atoms with Crippen molar-refractivity contribution in [3.63, 3.8) is 0 Å². The van der Waals surface area contributed by atoms with Gasteiger partial charge in [-0.05, 0) is 12.8 Å². The predicted octanol–water partition coefficient (Wildman–Crippen LogP) is 0.223. The van der Waals surface area contributed by atoms with E-state index >= 15 is 0 Å². The van der Waals surface area contributed by atoms with Crippen LogP contribution in [-0.2, 0) is 0 Å². The summed E-state index contributed by atoms with van der Waals surface area (Å²) in [7, 11) is 0. The Morgan fingerprint density at radius 1 is 1.29 bits per heavy atom. The quantitative estimate of drug-likeness (QED) is 0.720. The zero-order chi connectivity index (χ0) is 14.8. The summed E-state index contributed by atoms with van der Waals surface area (Å²) >= 11 is 0. The second-order valence-corrected chi connectivity index (χ2v) is 5.80. The Balaban J connectivity index is 1.94. The van der Waals surface area contributed by atoms with Gasteiger partial charge in [-0.3, -0.25) is 0 Å². The van der Waals surface area contributed by atoms with Crippen LogP contribution in [0.2, 0.25) is 0 Å². The molecule has 0 amide bonds. The zero-order valence-electron chi connectivity index (χ0n) is 12.1. The third-order valence-corrected chi connectivity index (χ3v) is 4.47. The zero-order valence-corrected chi connectivity index (χ0v) is 12.1. The Morgan fingerprint density at radius 3 is 2.67 bits per heavy atom. The minimum Gasteiger partial charge on any atom is -0.391 e. The van der Waals surface area contributed by atoms with Crippen LogP contribution in [0.1, 0.15) is 37.3 Å². The topological polar surface area (TPSA) is 103 Å². The number of piperazine rings is 1. The van der Waals surface area contributed by atoms with Crippen LogP contribution in [0, 0.1) is 11.3 Å². The first-order valence-electron chi connectivity index (χ1n) is 7.64. The minimum atomic E-state index is -0.427. The fourth-order valence-corrected chi connectivity index (χ4v) is 3.27. The lowest BCUT2D eigenvalue weighted by atomic mass is 9.93. The molecule has 1 aromatic rings. The Labute approximate surface area is 124 Å². The smallest absolute Gasteiger partial charge is 0.171 e.